The Kier molecular flexibility index (Phi) is 4.68. The molecule has 1 amide bonds. The molecule has 1 aromatic heterocycles. The number of carbonyl (C=O) groups is 1. The maximum absolute atomic E-state index is 11.9. The summed E-state index contributed by atoms with van der Waals surface area (Å²) in [6, 6.07) is 7.33. The van der Waals surface area contributed by atoms with Gasteiger partial charge >= 0.3 is 0 Å². The zero-order chi connectivity index (χ0) is 14.5. The summed E-state index contributed by atoms with van der Waals surface area (Å²) in [5.74, 6) is 0.745. The van der Waals surface area contributed by atoms with Gasteiger partial charge in [-0.05, 0) is 28.1 Å². The van der Waals surface area contributed by atoms with E-state index >= 15 is 0 Å². The maximum Gasteiger partial charge on any atom is 0.242 e. The molecular weight excluding hydrogens is 278 g/mol. The van der Waals surface area contributed by atoms with E-state index in [1.807, 2.05) is 26.0 Å². The van der Waals surface area contributed by atoms with Gasteiger partial charge in [-0.3, -0.25) is 4.79 Å². The Balaban J connectivity index is 1.89. The Labute approximate surface area is 122 Å². The molecule has 0 atom stereocenters. The van der Waals surface area contributed by atoms with Crippen LogP contribution in [0.4, 0.5) is 0 Å². The van der Waals surface area contributed by atoms with Crippen molar-refractivity contribution < 1.29 is 4.79 Å². The van der Waals surface area contributed by atoms with Crippen molar-refractivity contribution in [2.75, 3.05) is 0 Å². The number of amides is 1. The number of rotatable bonds is 5. The van der Waals surface area contributed by atoms with E-state index in [0.717, 1.165) is 5.56 Å². The van der Waals surface area contributed by atoms with Gasteiger partial charge in [0.25, 0.3) is 0 Å². The number of hydrogen-bond acceptors (Lipinski definition) is 4. The Morgan fingerprint density at radius 1 is 1.35 bits per heavy atom. The van der Waals surface area contributed by atoms with Crippen LogP contribution in [0.15, 0.2) is 24.3 Å². The van der Waals surface area contributed by atoms with Crippen LogP contribution < -0.4 is 5.32 Å². The summed E-state index contributed by atoms with van der Waals surface area (Å²) >= 11 is 5.80. The zero-order valence-electron chi connectivity index (χ0n) is 11.4. The van der Waals surface area contributed by atoms with Crippen LogP contribution in [0.25, 0.3) is 0 Å². The predicted octanol–water partition coefficient (Wildman–Crippen LogP) is 1.77. The molecule has 7 heteroatoms. The van der Waals surface area contributed by atoms with Gasteiger partial charge in [0, 0.05) is 17.5 Å². The lowest BCUT2D eigenvalue weighted by Crippen LogP contribution is -2.28. The molecule has 2 aromatic rings. The molecule has 0 bridgehead atoms. The Hall–Kier alpha value is -1.95. The fraction of sp³-hybridized carbons (Fsp3) is 0.385. The SMILES string of the molecule is CC(C)c1nnnn1CC(=O)NCc1ccc(Cl)cc1. The molecule has 0 aliphatic carbocycles. The van der Waals surface area contributed by atoms with Crippen LogP contribution >= 0.6 is 11.6 Å². The van der Waals surface area contributed by atoms with E-state index < -0.39 is 0 Å². The predicted molar refractivity (Wildman–Crippen MR) is 75.2 cm³/mol. The number of halogens is 1. The summed E-state index contributed by atoms with van der Waals surface area (Å²) in [5, 5.41) is 14.8. The molecule has 2 rings (SSSR count). The largest absolute Gasteiger partial charge is 0.350 e. The highest BCUT2D eigenvalue weighted by Crippen LogP contribution is 2.10. The molecule has 1 aromatic carbocycles. The third kappa shape index (κ3) is 3.77. The van der Waals surface area contributed by atoms with Crippen molar-refractivity contribution in [3.63, 3.8) is 0 Å². The molecule has 1 N–H and O–H groups in total. The molecular formula is C13H16ClN5O. The molecule has 0 aliphatic heterocycles. The molecule has 0 saturated carbocycles. The second kappa shape index (κ2) is 6.47. The summed E-state index contributed by atoms with van der Waals surface area (Å²) in [4.78, 5) is 11.9. The summed E-state index contributed by atoms with van der Waals surface area (Å²) in [5.41, 5.74) is 0.989. The fourth-order valence-corrected chi connectivity index (χ4v) is 1.86. The molecule has 20 heavy (non-hydrogen) atoms. The van der Waals surface area contributed by atoms with Crippen molar-refractivity contribution in [1.82, 2.24) is 25.5 Å². The van der Waals surface area contributed by atoms with Crippen LogP contribution in [0.2, 0.25) is 5.02 Å². The Morgan fingerprint density at radius 2 is 2.05 bits per heavy atom. The topological polar surface area (TPSA) is 72.7 Å². The van der Waals surface area contributed by atoms with E-state index in [2.05, 4.69) is 20.8 Å². The van der Waals surface area contributed by atoms with E-state index in [0.29, 0.717) is 17.4 Å². The van der Waals surface area contributed by atoms with Crippen LogP contribution in [-0.4, -0.2) is 26.1 Å². The maximum atomic E-state index is 11.9. The molecule has 0 spiro atoms. The van der Waals surface area contributed by atoms with Gasteiger partial charge in [0.1, 0.15) is 6.54 Å². The highest BCUT2D eigenvalue weighted by atomic mass is 35.5. The minimum absolute atomic E-state index is 0.119. The summed E-state index contributed by atoms with van der Waals surface area (Å²) in [7, 11) is 0. The van der Waals surface area contributed by atoms with Gasteiger partial charge < -0.3 is 5.32 Å². The minimum Gasteiger partial charge on any atom is -0.350 e. The lowest BCUT2D eigenvalue weighted by molar-refractivity contribution is -0.122. The van der Waals surface area contributed by atoms with Crippen LogP contribution in [0.1, 0.15) is 31.2 Å². The highest BCUT2D eigenvalue weighted by Gasteiger charge is 2.12. The number of nitrogens with zero attached hydrogens (tertiary/aromatic N) is 4. The van der Waals surface area contributed by atoms with Crippen molar-refractivity contribution >= 4 is 17.5 Å². The third-order valence-corrected chi connectivity index (χ3v) is 3.02. The average molecular weight is 294 g/mol. The van der Waals surface area contributed by atoms with Crippen molar-refractivity contribution in [3.8, 4) is 0 Å². The minimum atomic E-state index is -0.130. The molecule has 106 valence electrons. The number of hydrogen-bond donors (Lipinski definition) is 1. The quantitative estimate of drug-likeness (QED) is 0.912. The van der Waals surface area contributed by atoms with E-state index in [-0.39, 0.29) is 18.4 Å². The standard InChI is InChI=1S/C13H16ClN5O/c1-9(2)13-16-17-18-19(13)8-12(20)15-7-10-3-5-11(14)6-4-10/h3-6,9H,7-8H2,1-2H3,(H,15,20). The molecule has 6 nitrogen and oxygen atoms in total. The van der Waals surface area contributed by atoms with Crippen molar-refractivity contribution in [2.45, 2.75) is 32.9 Å². The first kappa shape index (κ1) is 14.5. The Morgan fingerprint density at radius 3 is 2.70 bits per heavy atom. The molecule has 0 fully saturated rings. The number of benzene rings is 1. The third-order valence-electron chi connectivity index (χ3n) is 2.77. The number of nitrogens with one attached hydrogen (secondary N) is 1. The lowest BCUT2D eigenvalue weighted by Gasteiger charge is -2.08. The van der Waals surface area contributed by atoms with Crippen molar-refractivity contribution in [3.05, 3.63) is 40.7 Å². The van der Waals surface area contributed by atoms with Crippen molar-refractivity contribution in [2.24, 2.45) is 0 Å². The molecule has 0 radical (unpaired) electrons. The second-order valence-electron chi connectivity index (χ2n) is 4.75. The normalized spacial score (nSPS) is 10.8. The first-order chi connectivity index (χ1) is 9.56. The van der Waals surface area contributed by atoms with Crippen LogP contribution in [-0.2, 0) is 17.9 Å². The van der Waals surface area contributed by atoms with Gasteiger partial charge in [-0.15, -0.1) is 5.10 Å². The van der Waals surface area contributed by atoms with E-state index in [1.54, 1.807) is 12.1 Å². The smallest absolute Gasteiger partial charge is 0.242 e. The van der Waals surface area contributed by atoms with Crippen molar-refractivity contribution in [1.29, 1.82) is 0 Å². The molecule has 0 aliphatic rings. The highest BCUT2D eigenvalue weighted by molar-refractivity contribution is 6.30. The number of tetrazole rings is 1. The fourth-order valence-electron chi connectivity index (χ4n) is 1.73. The van der Waals surface area contributed by atoms with Gasteiger partial charge in [-0.2, -0.15) is 0 Å². The van der Waals surface area contributed by atoms with Crippen LogP contribution in [0.5, 0.6) is 0 Å². The second-order valence-corrected chi connectivity index (χ2v) is 5.19. The summed E-state index contributed by atoms with van der Waals surface area (Å²) < 4.78 is 1.52. The van der Waals surface area contributed by atoms with Crippen LogP contribution in [0, 0.1) is 0 Å². The van der Waals surface area contributed by atoms with Crippen LogP contribution in [0.3, 0.4) is 0 Å². The molecule has 0 saturated heterocycles. The van der Waals surface area contributed by atoms with E-state index in [1.165, 1.54) is 4.68 Å². The monoisotopic (exact) mass is 293 g/mol. The van der Waals surface area contributed by atoms with Gasteiger partial charge in [0.2, 0.25) is 5.91 Å². The van der Waals surface area contributed by atoms with Gasteiger partial charge in [0.15, 0.2) is 5.82 Å². The van der Waals surface area contributed by atoms with Gasteiger partial charge in [-0.25, -0.2) is 4.68 Å². The summed E-state index contributed by atoms with van der Waals surface area (Å²) in [6.45, 7) is 4.53. The lowest BCUT2D eigenvalue weighted by atomic mass is 10.2. The van der Waals surface area contributed by atoms with E-state index in [9.17, 15) is 4.79 Å². The number of carbonyl (C=O) groups excluding carboxylic acids is 1. The first-order valence-corrected chi connectivity index (χ1v) is 6.71. The zero-order valence-corrected chi connectivity index (χ0v) is 12.1. The summed E-state index contributed by atoms with van der Waals surface area (Å²) in [6.07, 6.45) is 0. The van der Waals surface area contributed by atoms with Gasteiger partial charge in [-0.1, -0.05) is 37.6 Å². The van der Waals surface area contributed by atoms with Gasteiger partial charge in [0.05, 0.1) is 0 Å². The first-order valence-electron chi connectivity index (χ1n) is 6.33. The molecule has 1 heterocycles. The van der Waals surface area contributed by atoms with E-state index in [4.69, 9.17) is 11.6 Å². The Bertz CT molecular complexity index is 579. The number of aromatic nitrogens is 4. The molecule has 0 unspecified atom stereocenters. The average Bonchev–Trinajstić information content (AvgIpc) is 2.86.